The van der Waals surface area contributed by atoms with Crippen LogP contribution in [0, 0.1) is 0 Å². The van der Waals surface area contributed by atoms with Gasteiger partial charge >= 0.3 is 0 Å². The molecule has 5 nitrogen and oxygen atoms in total. The first kappa shape index (κ1) is 14.9. The van der Waals surface area contributed by atoms with Gasteiger partial charge in [0.05, 0.1) is 10.6 Å². The van der Waals surface area contributed by atoms with E-state index in [1.807, 2.05) is 0 Å². The van der Waals surface area contributed by atoms with Crippen LogP contribution in [0.15, 0.2) is 48.5 Å². The van der Waals surface area contributed by atoms with Gasteiger partial charge in [-0.05, 0) is 24.3 Å². The van der Waals surface area contributed by atoms with E-state index in [1.165, 1.54) is 6.07 Å². The lowest BCUT2D eigenvalue weighted by atomic mass is 10.2. The van der Waals surface area contributed by atoms with Crippen LogP contribution >= 0.6 is 11.6 Å². The summed E-state index contributed by atoms with van der Waals surface area (Å²) in [5.74, 6) is -0.681. The maximum atomic E-state index is 11.8. The molecule has 6 heteroatoms. The third-order valence-corrected chi connectivity index (χ3v) is 2.93. The summed E-state index contributed by atoms with van der Waals surface area (Å²) in [5.41, 5.74) is 6.35. The van der Waals surface area contributed by atoms with Crippen LogP contribution in [0.4, 0.5) is 5.69 Å². The van der Waals surface area contributed by atoms with E-state index in [9.17, 15) is 9.59 Å². The van der Waals surface area contributed by atoms with Gasteiger partial charge in [0.1, 0.15) is 5.75 Å². The highest BCUT2D eigenvalue weighted by Crippen LogP contribution is 2.15. The highest BCUT2D eigenvalue weighted by molar-refractivity contribution is 6.34. The SMILES string of the molecule is Nc1cccc(OCC(=O)NC(=O)c2ccccc2Cl)c1. The number of hydrogen-bond acceptors (Lipinski definition) is 4. The molecule has 0 radical (unpaired) electrons. The minimum atomic E-state index is -0.568. The Morgan fingerprint density at radius 3 is 2.62 bits per heavy atom. The number of anilines is 1. The summed E-state index contributed by atoms with van der Waals surface area (Å²) in [5, 5.41) is 2.48. The molecule has 2 rings (SSSR count). The zero-order chi connectivity index (χ0) is 15.2. The standard InChI is InChI=1S/C15H13ClN2O3/c16-13-7-2-1-6-12(13)15(20)18-14(19)9-21-11-5-3-4-10(17)8-11/h1-8H,9,17H2,(H,18,19,20). The summed E-state index contributed by atoms with van der Waals surface area (Å²) in [4.78, 5) is 23.5. The van der Waals surface area contributed by atoms with Gasteiger partial charge in [0.25, 0.3) is 11.8 Å². The summed E-state index contributed by atoms with van der Waals surface area (Å²) in [6, 6.07) is 13.1. The first-order chi connectivity index (χ1) is 10.1. The molecular formula is C15H13ClN2O3. The lowest BCUT2D eigenvalue weighted by Crippen LogP contribution is -2.34. The second-order valence-electron chi connectivity index (χ2n) is 4.22. The zero-order valence-electron chi connectivity index (χ0n) is 11.0. The van der Waals surface area contributed by atoms with E-state index in [-0.39, 0.29) is 17.2 Å². The normalized spacial score (nSPS) is 9.95. The molecule has 0 bridgehead atoms. The molecule has 0 aliphatic heterocycles. The van der Waals surface area contributed by atoms with Gasteiger partial charge in [0, 0.05) is 11.8 Å². The Morgan fingerprint density at radius 1 is 1.14 bits per heavy atom. The predicted molar refractivity (Wildman–Crippen MR) is 80.3 cm³/mol. The van der Waals surface area contributed by atoms with Crippen LogP contribution in [0.1, 0.15) is 10.4 Å². The quantitative estimate of drug-likeness (QED) is 0.849. The van der Waals surface area contributed by atoms with Gasteiger partial charge in [0.15, 0.2) is 6.61 Å². The molecule has 0 saturated carbocycles. The first-order valence-corrected chi connectivity index (χ1v) is 6.51. The fraction of sp³-hybridized carbons (Fsp3) is 0.0667. The monoisotopic (exact) mass is 304 g/mol. The molecule has 0 spiro atoms. The molecule has 0 aromatic heterocycles. The van der Waals surface area contributed by atoms with E-state index < -0.39 is 11.8 Å². The minimum absolute atomic E-state index is 0.233. The zero-order valence-corrected chi connectivity index (χ0v) is 11.8. The van der Waals surface area contributed by atoms with Gasteiger partial charge in [-0.15, -0.1) is 0 Å². The molecule has 2 amide bonds. The Labute approximate surface area is 126 Å². The molecule has 0 heterocycles. The van der Waals surface area contributed by atoms with Gasteiger partial charge in [-0.1, -0.05) is 29.8 Å². The minimum Gasteiger partial charge on any atom is -0.484 e. The van der Waals surface area contributed by atoms with E-state index in [2.05, 4.69) is 5.32 Å². The Balaban J connectivity index is 1.90. The summed E-state index contributed by atoms with van der Waals surface area (Å²) in [7, 11) is 0. The fourth-order valence-corrected chi connectivity index (χ4v) is 1.85. The van der Waals surface area contributed by atoms with Crippen molar-refractivity contribution in [3.05, 3.63) is 59.1 Å². The predicted octanol–water partition coefficient (Wildman–Crippen LogP) is 2.26. The third-order valence-electron chi connectivity index (χ3n) is 2.60. The van der Waals surface area contributed by atoms with Crippen molar-refractivity contribution >= 4 is 29.1 Å². The molecule has 2 aromatic rings. The summed E-state index contributed by atoms with van der Waals surface area (Å²) < 4.78 is 5.24. The lowest BCUT2D eigenvalue weighted by molar-refractivity contribution is -0.122. The summed E-state index contributed by atoms with van der Waals surface area (Å²) in [6.07, 6.45) is 0. The number of benzene rings is 2. The van der Waals surface area contributed by atoms with Crippen LogP contribution in [0.5, 0.6) is 5.75 Å². The van der Waals surface area contributed by atoms with E-state index in [0.717, 1.165) is 0 Å². The first-order valence-electron chi connectivity index (χ1n) is 6.13. The molecule has 0 saturated heterocycles. The van der Waals surface area contributed by atoms with Gasteiger partial charge in [-0.25, -0.2) is 0 Å². The second-order valence-corrected chi connectivity index (χ2v) is 4.63. The van der Waals surface area contributed by atoms with Crippen LogP contribution in [0.3, 0.4) is 0 Å². The molecule has 0 atom stereocenters. The number of nitrogen functional groups attached to an aromatic ring is 1. The van der Waals surface area contributed by atoms with E-state index in [4.69, 9.17) is 22.1 Å². The van der Waals surface area contributed by atoms with Crippen molar-refractivity contribution in [2.75, 3.05) is 12.3 Å². The maximum Gasteiger partial charge on any atom is 0.264 e. The average molecular weight is 305 g/mol. The molecule has 0 fully saturated rings. The number of nitrogens with two attached hydrogens (primary N) is 1. The van der Waals surface area contributed by atoms with E-state index in [0.29, 0.717) is 11.4 Å². The average Bonchev–Trinajstić information content (AvgIpc) is 2.45. The molecule has 21 heavy (non-hydrogen) atoms. The topological polar surface area (TPSA) is 81.4 Å². The van der Waals surface area contributed by atoms with Gasteiger partial charge < -0.3 is 10.5 Å². The number of halogens is 1. The van der Waals surface area contributed by atoms with Gasteiger partial charge in [-0.3, -0.25) is 14.9 Å². The van der Waals surface area contributed by atoms with Gasteiger partial charge in [-0.2, -0.15) is 0 Å². The van der Waals surface area contributed by atoms with Crippen molar-refractivity contribution in [3.63, 3.8) is 0 Å². The molecule has 108 valence electrons. The number of amides is 2. The van der Waals surface area contributed by atoms with Gasteiger partial charge in [0.2, 0.25) is 0 Å². The number of rotatable bonds is 4. The van der Waals surface area contributed by atoms with Crippen molar-refractivity contribution in [2.24, 2.45) is 0 Å². The Morgan fingerprint density at radius 2 is 1.90 bits per heavy atom. The molecule has 0 unspecified atom stereocenters. The number of hydrogen-bond donors (Lipinski definition) is 2. The van der Waals surface area contributed by atoms with Crippen LogP contribution in [0.25, 0.3) is 0 Å². The van der Waals surface area contributed by atoms with Crippen molar-refractivity contribution in [1.29, 1.82) is 0 Å². The number of ether oxygens (including phenoxy) is 1. The van der Waals surface area contributed by atoms with Crippen LogP contribution in [-0.4, -0.2) is 18.4 Å². The number of nitrogens with one attached hydrogen (secondary N) is 1. The highest BCUT2D eigenvalue weighted by Gasteiger charge is 2.13. The largest absolute Gasteiger partial charge is 0.484 e. The van der Waals surface area contributed by atoms with Crippen molar-refractivity contribution < 1.29 is 14.3 Å². The van der Waals surface area contributed by atoms with Crippen LogP contribution in [0.2, 0.25) is 5.02 Å². The maximum absolute atomic E-state index is 11.8. The summed E-state index contributed by atoms with van der Waals surface area (Å²) in [6.45, 7) is -0.292. The molecule has 0 aliphatic rings. The van der Waals surface area contributed by atoms with E-state index in [1.54, 1.807) is 42.5 Å². The number of imide groups is 1. The molecule has 0 aliphatic carbocycles. The molecule has 3 N–H and O–H groups in total. The van der Waals surface area contributed by atoms with Crippen LogP contribution < -0.4 is 15.8 Å². The molecule has 2 aromatic carbocycles. The van der Waals surface area contributed by atoms with Crippen molar-refractivity contribution in [1.82, 2.24) is 5.32 Å². The number of carbonyl (C=O) groups excluding carboxylic acids is 2. The van der Waals surface area contributed by atoms with Crippen molar-refractivity contribution in [3.8, 4) is 5.75 Å². The Bertz CT molecular complexity index is 673. The molecular weight excluding hydrogens is 292 g/mol. The highest BCUT2D eigenvalue weighted by atomic mass is 35.5. The Kier molecular flexibility index (Phi) is 4.79. The van der Waals surface area contributed by atoms with Crippen LogP contribution in [-0.2, 0) is 4.79 Å². The van der Waals surface area contributed by atoms with Crippen molar-refractivity contribution in [2.45, 2.75) is 0 Å². The smallest absolute Gasteiger partial charge is 0.264 e. The number of carbonyl (C=O) groups is 2. The lowest BCUT2D eigenvalue weighted by Gasteiger charge is -2.08. The summed E-state index contributed by atoms with van der Waals surface area (Å²) >= 11 is 5.88. The second kappa shape index (κ2) is 6.76. The Hall–Kier alpha value is -2.53. The van der Waals surface area contributed by atoms with E-state index >= 15 is 0 Å². The third kappa shape index (κ3) is 4.22. The fourth-order valence-electron chi connectivity index (χ4n) is 1.63.